The Bertz CT molecular complexity index is 1350. The minimum atomic E-state index is -3.96. The third-order valence-corrected chi connectivity index (χ3v) is 8.32. The molecule has 1 aromatic carbocycles. The molecule has 1 heterocycles. The molecule has 0 amide bonds. The third kappa shape index (κ3) is 6.82. The van der Waals surface area contributed by atoms with Crippen LogP contribution >= 0.6 is 0 Å². The number of unbranched alkanes of at least 4 members (excludes halogenated alkanes) is 1. The lowest BCUT2D eigenvalue weighted by Crippen LogP contribution is -2.21. The summed E-state index contributed by atoms with van der Waals surface area (Å²) < 4.78 is 57.1. The Labute approximate surface area is 209 Å². The highest BCUT2D eigenvalue weighted by molar-refractivity contribution is 7.90. The predicted octanol–water partition coefficient (Wildman–Crippen LogP) is 4.80. The van der Waals surface area contributed by atoms with Crippen molar-refractivity contribution >= 4 is 31.3 Å². The summed E-state index contributed by atoms with van der Waals surface area (Å²) in [6, 6.07) is 2.89. The first-order valence-electron chi connectivity index (χ1n) is 11.6. The molecule has 35 heavy (non-hydrogen) atoms. The van der Waals surface area contributed by atoms with Crippen LogP contribution in [0.2, 0.25) is 0 Å². The van der Waals surface area contributed by atoms with Gasteiger partial charge in [-0.2, -0.15) is 13.5 Å². The Morgan fingerprint density at radius 3 is 2.23 bits per heavy atom. The van der Waals surface area contributed by atoms with Crippen LogP contribution in [0.25, 0.3) is 5.57 Å². The number of rotatable bonds is 11. The third-order valence-electron chi connectivity index (χ3n) is 5.70. The molecule has 1 aromatic heterocycles. The van der Waals surface area contributed by atoms with Crippen LogP contribution < -0.4 is 4.18 Å². The fourth-order valence-electron chi connectivity index (χ4n) is 3.75. The Morgan fingerprint density at radius 2 is 1.71 bits per heavy atom. The van der Waals surface area contributed by atoms with Crippen molar-refractivity contribution in [3.63, 3.8) is 0 Å². The van der Waals surface area contributed by atoms with E-state index < -0.39 is 25.7 Å². The second-order valence-corrected chi connectivity index (χ2v) is 13.1. The molecule has 0 radical (unpaired) electrons. The molecule has 0 saturated heterocycles. The topological polar surface area (TPSA) is 112 Å². The molecule has 8 nitrogen and oxygen atoms in total. The van der Waals surface area contributed by atoms with Crippen LogP contribution in [-0.2, 0) is 26.5 Å². The SMILES string of the molecule is CCCCn1ncc(C(=O)c2ccc(S(C)(=O)=O)c(C(C)=C(C)C)c2C)c1OS(=O)(=O)CC(C)C. The van der Waals surface area contributed by atoms with Gasteiger partial charge in [-0.3, -0.25) is 4.79 Å². The van der Waals surface area contributed by atoms with E-state index in [0.717, 1.165) is 30.2 Å². The highest BCUT2D eigenvalue weighted by Crippen LogP contribution is 2.33. The van der Waals surface area contributed by atoms with Gasteiger partial charge in [-0.1, -0.05) is 32.8 Å². The molecule has 10 heteroatoms. The van der Waals surface area contributed by atoms with E-state index in [-0.39, 0.29) is 33.6 Å². The quantitative estimate of drug-likeness (QED) is 0.306. The van der Waals surface area contributed by atoms with E-state index in [1.165, 1.54) is 23.0 Å². The number of ketones is 1. The highest BCUT2D eigenvalue weighted by atomic mass is 32.2. The maximum atomic E-state index is 13.7. The molecular weight excluding hydrogens is 488 g/mol. The zero-order valence-corrected chi connectivity index (χ0v) is 23.4. The van der Waals surface area contributed by atoms with Gasteiger partial charge in [0, 0.05) is 18.4 Å². The number of benzene rings is 1. The van der Waals surface area contributed by atoms with Crippen molar-refractivity contribution in [3.05, 3.63) is 46.2 Å². The number of aryl methyl sites for hydroxylation is 1. The van der Waals surface area contributed by atoms with Gasteiger partial charge in [0.05, 0.1) is 16.8 Å². The summed E-state index contributed by atoms with van der Waals surface area (Å²) in [5, 5.41) is 4.24. The summed E-state index contributed by atoms with van der Waals surface area (Å²) in [6.07, 6.45) is 4.02. The van der Waals surface area contributed by atoms with Gasteiger partial charge < -0.3 is 4.18 Å². The lowest BCUT2D eigenvalue weighted by atomic mass is 9.91. The van der Waals surface area contributed by atoms with Crippen molar-refractivity contribution < 1.29 is 25.8 Å². The summed E-state index contributed by atoms with van der Waals surface area (Å²) in [6.45, 7) is 13.2. The van der Waals surface area contributed by atoms with Crippen molar-refractivity contribution in [1.82, 2.24) is 9.78 Å². The maximum Gasteiger partial charge on any atom is 0.310 e. The number of hydrogen-bond acceptors (Lipinski definition) is 7. The van der Waals surface area contributed by atoms with Gasteiger partial charge in [0.1, 0.15) is 5.56 Å². The molecule has 0 N–H and O–H groups in total. The number of nitrogens with zero attached hydrogens (tertiary/aromatic N) is 2. The van der Waals surface area contributed by atoms with Crippen LogP contribution in [0, 0.1) is 12.8 Å². The number of sulfone groups is 1. The van der Waals surface area contributed by atoms with Gasteiger partial charge in [0.2, 0.25) is 5.88 Å². The van der Waals surface area contributed by atoms with Crippen molar-refractivity contribution in [2.45, 2.75) is 72.7 Å². The summed E-state index contributed by atoms with van der Waals surface area (Å²) in [4.78, 5) is 13.8. The monoisotopic (exact) mass is 524 g/mol. The number of hydrogen-bond donors (Lipinski definition) is 0. The Hall–Kier alpha value is -2.46. The molecule has 0 saturated carbocycles. The van der Waals surface area contributed by atoms with Crippen LogP contribution in [0.5, 0.6) is 5.88 Å². The van der Waals surface area contributed by atoms with Crippen LogP contribution in [-0.4, -0.2) is 44.4 Å². The fourth-order valence-corrected chi connectivity index (χ4v) is 6.04. The number of carbonyl (C=O) groups is 1. The molecule has 0 spiro atoms. The normalized spacial score (nSPS) is 12.1. The van der Waals surface area contributed by atoms with Gasteiger partial charge in [-0.15, -0.1) is 0 Å². The number of aromatic nitrogens is 2. The van der Waals surface area contributed by atoms with Gasteiger partial charge in [0.15, 0.2) is 15.6 Å². The van der Waals surface area contributed by atoms with E-state index in [9.17, 15) is 21.6 Å². The summed E-state index contributed by atoms with van der Waals surface area (Å²) in [5.41, 5.74) is 2.92. The van der Waals surface area contributed by atoms with E-state index in [1.54, 1.807) is 20.8 Å². The van der Waals surface area contributed by atoms with Crippen molar-refractivity contribution in [3.8, 4) is 5.88 Å². The molecule has 194 valence electrons. The molecule has 0 aliphatic carbocycles. The van der Waals surface area contributed by atoms with Crippen LogP contribution in [0.1, 0.15) is 81.4 Å². The van der Waals surface area contributed by atoms with Crippen LogP contribution in [0.3, 0.4) is 0 Å². The molecule has 0 fully saturated rings. The van der Waals surface area contributed by atoms with E-state index in [4.69, 9.17) is 4.18 Å². The molecule has 2 aromatic rings. The second-order valence-electron chi connectivity index (χ2n) is 9.48. The zero-order valence-electron chi connectivity index (χ0n) is 21.8. The van der Waals surface area contributed by atoms with E-state index >= 15 is 0 Å². The minimum absolute atomic E-state index is 0.0180. The first-order chi connectivity index (χ1) is 16.1. The molecule has 0 unspecified atom stereocenters. The van der Waals surface area contributed by atoms with Crippen LogP contribution in [0.4, 0.5) is 0 Å². The second kappa shape index (κ2) is 11.1. The first kappa shape index (κ1) is 28.8. The predicted molar refractivity (Wildman–Crippen MR) is 138 cm³/mol. The smallest absolute Gasteiger partial charge is 0.310 e. The summed E-state index contributed by atoms with van der Waals surface area (Å²) in [5.74, 6) is -0.962. The van der Waals surface area contributed by atoms with Crippen molar-refractivity contribution in [2.75, 3.05) is 12.0 Å². The lowest BCUT2D eigenvalue weighted by Gasteiger charge is -2.17. The molecule has 0 bridgehead atoms. The fraction of sp³-hybridized carbons (Fsp3) is 0.520. The van der Waals surface area contributed by atoms with Gasteiger partial charge >= 0.3 is 10.1 Å². The van der Waals surface area contributed by atoms with Crippen molar-refractivity contribution in [2.24, 2.45) is 5.92 Å². The van der Waals surface area contributed by atoms with E-state index in [0.29, 0.717) is 17.7 Å². The highest BCUT2D eigenvalue weighted by Gasteiger charge is 2.28. The summed E-state index contributed by atoms with van der Waals surface area (Å²) in [7, 11) is -7.52. The standard InChI is InChI=1S/C25H36N2O6S2/c1-9-10-13-27-25(33-35(31,32)15-16(2)3)21(14-26-27)24(28)20-11-12-22(34(8,29)30)23(19(20)7)18(6)17(4)5/h11-12,14,16H,9-10,13,15H2,1-8H3. The van der Waals surface area contributed by atoms with E-state index in [2.05, 4.69) is 5.10 Å². The Kier molecular flexibility index (Phi) is 9.10. The molecule has 2 rings (SSSR count). The number of allylic oxidation sites excluding steroid dienone is 2. The molecule has 0 aliphatic heterocycles. The zero-order chi connectivity index (χ0) is 26.7. The Balaban J connectivity index is 2.73. The molecular formula is C25H36N2O6S2. The van der Waals surface area contributed by atoms with Gasteiger partial charge in [-0.05, 0) is 68.9 Å². The van der Waals surface area contributed by atoms with Crippen LogP contribution in [0.15, 0.2) is 28.8 Å². The lowest BCUT2D eigenvalue weighted by molar-refractivity contribution is 0.103. The molecule has 0 aliphatic rings. The average molecular weight is 525 g/mol. The molecule has 0 atom stereocenters. The van der Waals surface area contributed by atoms with Crippen molar-refractivity contribution in [1.29, 1.82) is 0 Å². The largest absolute Gasteiger partial charge is 0.361 e. The Morgan fingerprint density at radius 1 is 1.09 bits per heavy atom. The van der Waals surface area contributed by atoms with Gasteiger partial charge in [0.25, 0.3) is 0 Å². The number of carbonyl (C=O) groups excluding carboxylic acids is 1. The maximum absolute atomic E-state index is 13.7. The summed E-state index contributed by atoms with van der Waals surface area (Å²) >= 11 is 0. The first-order valence-corrected chi connectivity index (χ1v) is 15.1. The average Bonchev–Trinajstić information content (AvgIpc) is 3.10. The van der Waals surface area contributed by atoms with E-state index in [1.807, 2.05) is 27.7 Å². The minimum Gasteiger partial charge on any atom is -0.361 e. The van der Waals surface area contributed by atoms with Gasteiger partial charge in [-0.25, -0.2) is 13.1 Å².